The van der Waals surface area contributed by atoms with Crippen molar-refractivity contribution in [2.45, 2.75) is 51.9 Å². The molecule has 1 aliphatic heterocycles. The van der Waals surface area contributed by atoms with Crippen LogP contribution in [0.15, 0.2) is 6.07 Å². The Morgan fingerprint density at radius 3 is 2.54 bits per heavy atom. The minimum atomic E-state index is 0.101. The zero-order valence-electron chi connectivity index (χ0n) is 15.8. The van der Waals surface area contributed by atoms with Gasteiger partial charge >= 0.3 is 0 Å². The molecule has 0 aromatic carbocycles. The molecular formula is C19H29N5O2. The fraction of sp³-hybridized carbons (Fsp3) is 0.684. The Labute approximate surface area is 155 Å². The molecule has 1 saturated heterocycles. The summed E-state index contributed by atoms with van der Waals surface area (Å²) in [4.78, 5) is 36.8. The number of carbonyl (C=O) groups excluding carboxylic acids is 2. The minimum absolute atomic E-state index is 0.101. The molecule has 26 heavy (non-hydrogen) atoms. The minimum Gasteiger partial charge on any atom is -0.356 e. The molecule has 1 saturated carbocycles. The highest BCUT2D eigenvalue weighted by molar-refractivity contribution is 5.75. The van der Waals surface area contributed by atoms with Crippen LogP contribution in [0.3, 0.4) is 0 Å². The van der Waals surface area contributed by atoms with Gasteiger partial charge in [-0.25, -0.2) is 9.97 Å². The normalized spacial score (nSPS) is 17.3. The largest absolute Gasteiger partial charge is 0.356 e. The van der Waals surface area contributed by atoms with E-state index in [2.05, 4.69) is 10.2 Å². The summed E-state index contributed by atoms with van der Waals surface area (Å²) < 4.78 is 0. The van der Waals surface area contributed by atoms with Crippen molar-refractivity contribution in [1.29, 1.82) is 0 Å². The van der Waals surface area contributed by atoms with E-state index in [-0.39, 0.29) is 11.8 Å². The maximum atomic E-state index is 11.6. The molecule has 0 radical (unpaired) electrons. The highest BCUT2D eigenvalue weighted by Gasteiger charge is 2.28. The van der Waals surface area contributed by atoms with E-state index in [1.807, 2.05) is 17.9 Å². The van der Waals surface area contributed by atoms with Gasteiger partial charge in [-0.05, 0) is 19.3 Å². The highest BCUT2D eigenvalue weighted by atomic mass is 16.2. The van der Waals surface area contributed by atoms with Gasteiger partial charge in [0.2, 0.25) is 11.8 Å². The topological polar surface area (TPSA) is 78.4 Å². The lowest BCUT2D eigenvalue weighted by Gasteiger charge is -2.35. The summed E-state index contributed by atoms with van der Waals surface area (Å²) >= 11 is 0. The third kappa shape index (κ3) is 4.93. The molecule has 1 N–H and O–H groups in total. The summed E-state index contributed by atoms with van der Waals surface area (Å²) in [7, 11) is 0. The number of nitrogens with one attached hydrogen (secondary N) is 1. The molecular weight excluding hydrogens is 330 g/mol. The number of nitrogens with zero attached hydrogens (tertiary/aromatic N) is 4. The Hall–Kier alpha value is -2.18. The Bertz CT molecular complexity index is 651. The van der Waals surface area contributed by atoms with Crippen molar-refractivity contribution < 1.29 is 9.59 Å². The predicted molar refractivity (Wildman–Crippen MR) is 100 cm³/mol. The van der Waals surface area contributed by atoms with Gasteiger partial charge in [0.05, 0.1) is 0 Å². The second-order valence-corrected chi connectivity index (χ2v) is 7.19. The van der Waals surface area contributed by atoms with E-state index in [0.717, 1.165) is 69.2 Å². The molecule has 0 atom stereocenters. The van der Waals surface area contributed by atoms with Gasteiger partial charge in [-0.2, -0.15) is 0 Å². The number of amides is 2. The molecule has 2 heterocycles. The van der Waals surface area contributed by atoms with Gasteiger partial charge in [0.1, 0.15) is 11.6 Å². The van der Waals surface area contributed by atoms with Crippen LogP contribution in [0.5, 0.6) is 0 Å². The summed E-state index contributed by atoms with van der Waals surface area (Å²) in [6, 6.07) is 2.04. The number of rotatable bonds is 7. The first-order valence-electron chi connectivity index (χ1n) is 9.72. The first kappa shape index (κ1) is 18.6. The van der Waals surface area contributed by atoms with E-state index in [4.69, 9.17) is 9.97 Å². The van der Waals surface area contributed by atoms with Crippen LogP contribution in [0.2, 0.25) is 0 Å². The summed E-state index contributed by atoms with van der Waals surface area (Å²) in [5, 5.41) is 2.96. The molecule has 1 aliphatic carbocycles. The van der Waals surface area contributed by atoms with Gasteiger partial charge in [-0.15, -0.1) is 0 Å². The van der Waals surface area contributed by atoms with E-state index in [1.54, 1.807) is 6.92 Å². The number of hydrogen-bond donors (Lipinski definition) is 1. The number of aromatic nitrogens is 2. The maximum Gasteiger partial charge on any atom is 0.219 e. The molecule has 0 unspecified atom stereocenters. The Balaban J connectivity index is 1.65. The number of piperazine rings is 1. The molecule has 0 spiro atoms. The summed E-state index contributed by atoms with van der Waals surface area (Å²) in [5.41, 5.74) is 0.989. The maximum absolute atomic E-state index is 11.6. The van der Waals surface area contributed by atoms with Crippen molar-refractivity contribution in [3.05, 3.63) is 17.6 Å². The molecule has 142 valence electrons. The summed E-state index contributed by atoms with van der Waals surface area (Å²) in [6.07, 6.45) is 4.48. The predicted octanol–water partition coefficient (Wildman–Crippen LogP) is 1.48. The first-order valence-corrected chi connectivity index (χ1v) is 9.72. The van der Waals surface area contributed by atoms with E-state index in [1.165, 1.54) is 0 Å². The average Bonchev–Trinajstić information content (AvgIpc) is 3.47. The zero-order valence-corrected chi connectivity index (χ0v) is 15.8. The van der Waals surface area contributed by atoms with Gasteiger partial charge in [0.15, 0.2) is 0 Å². The molecule has 2 aliphatic rings. The Morgan fingerprint density at radius 1 is 1.19 bits per heavy atom. The van der Waals surface area contributed by atoms with Gasteiger partial charge in [-0.3, -0.25) is 9.59 Å². The molecule has 1 aromatic heterocycles. The second kappa shape index (κ2) is 8.47. The zero-order chi connectivity index (χ0) is 18.5. The van der Waals surface area contributed by atoms with Crippen LogP contribution in [-0.2, 0) is 16.0 Å². The molecule has 2 amide bonds. The van der Waals surface area contributed by atoms with Crippen molar-refractivity contribution in [3.63, 3.8) is 0 Å². The van der Waals surface area contributed by atoms with Gasteiger partial charge in [0, 0.05) is 70.2 Å². The lowest BCUT2D eigenvalue weighted by molar-refractivity contribution is -0.129. The Kier molecular flexibility index (Phi) is 6.06. The third-order valence-electron chi connectivity index (χ3n) is 4.95. The molecule has 2 fully saturated rings. The lowest BCUT2D eigenvalue weighted by atomic mass is 10.2. The van der Waals surface area contributed by atoms with E-state index in [9.17, 15) is 9.59 Å². The lowest BCUT2D eigenvalue weighted by Crippen LogP contribution is -2.48. The van der Waals surface area contributed by atoms with Crippen LogP contribution in [-0.4, -0.2) is 59.4 Å². The highest BCUT2D eigenvalue weighted by Crippen LogP contribution is 2.38. The van der Waals surface area contributed by atoms with Crippen molar-refractivity contribution in [2.24, 2.45) is 0 Å². The quantitative estimate of drug-likeness (QED) is 0.798. The number of hydrogen-bond acceptors (Lipinski definition) is 5. The van der Waals surface area contributed by atoms with Crippen LogP contribution < -0.4 is 10.2 Å². The van der Waals surface area contributed by atoms with Gasteiger partial charge in [-0.1, -0.05) is 6.92 Å². The summed E-state index contributed by atoms with van der Waals surface area (Å²) in [5.74, 6) is 2.62. The van der Waals surface area contributed by atoms with E-state index < -0.39 is 0 Å². The van der Waals surface area contributed by atoms with Crippen LogP contribution in [0.4, 0.5) is 5.82 Å². The van der Waals surface area contributed by atoms with Crippen molar-refractivity contribution in [2.75, 3.05) is 37.6 Å². The van der Waals surface area contributed by atoms with Crippen molar-refractivity contribution >= 4 is 17.6 Å². The number of carbonyl (C=O) groups is 2. The van der Waals surface area contributed by atoms with Crippen LogP contribution >= 0.6 is 0 Å². The van der Waals surface area contributed by atoms with Crippen LogP contribution in [0.25, 0.3) is 0 Å². The Morgan fingerprint density at radius 2 is 1.92 bits per heavy atom. The molecule has 1 aromatic rings. The smallest absolute Gasteiger partial charge is 0.219 e. The van der Waals surface area contributed by atoms with Gasteiger partial charge < -0.3 is 15.1 Å². The third-order valence-corrected chi connectivity index (χ3v) is 4.95. The van der Waals surface area contributed by atoms with E-state index >= 15 is 0 Å². The van der Waals surface area contributed by atoms with Crippen molar-refractivity contribution in [1.82, 2.24) is 20.2 Å². The average molecular weight is 359 g/mol. The summed E-state index contributed by atoms with van der Waals surface area (Å²) in [6.45, 7) is 7.31. The van der Waals surface area contributed by atoms with Crippen molar-refractivity contribution in [3.8, 4) is 0 Å². The molecule has 7 nitrogen and oxygen atoms in total. The second-order valence-electron chi connectivity index (χ2n) is 7.19. The van der Waals surface area contributed by atoms with Crippen LogP contribution in [0, 0.1) is 0 Å². The molecule has 0 bridgehead atoms. The molecule has 7 heteroatoms. The van der Waals surface area contributed by atoms with E-state index in [0.29, 0.717) is 18.9 Å². The van der Waals surface area contributed by atoms with Gasteiger partial charge in [0.25, 0.3) is 0 Å². The number of anilines is 1. The van der Waals surface area contributed by atoms with Crippen LogP contribution in [0.1, 0.15) is 57.0 Å². The standard InChI is InChI=1S/C19H29N5O2/c1-3-4-18(26)20-8-7-16-13-17(22-19(21-16)15-5-6-15)24-11-9-23(10-12-24)14(2)25/h13,15H,3-12H2,1-2H3,(H,20,26). The first-order chi connectivity index (χ1) is 12.6. The fourth-order valence-corrected chi connectivity index (χ4v) is 3.21. The monoisotopic (exact) mass is 359 g/mol. The fourth-order valence-electron chi connectivity index (χ4n) is 3.21. The molecule has 3 rings (SSSR count). The SMILES string of the molecule is CCCC(=O)NCCc1cc(N2CCN(C(C)=O)CC2)nc(C2CC2)n1.